The number of halogens is 2. The van der Waals surface area contributed by atoms with Gasteiger partial charge >= 0.3 is 0 Å². The number of hydrogen-bond acceptors (Lipinski definition) is 2. The van der Waals surface area contributed by atoms with Gasteiger partial charge in [0.1, 0.15) is 5.82 Å². The molecule has 1 aromatic rings. The van der Waals surface area contributed by atoms with Gasteiger partial charge in [-0.05, 0) is 50.4 Å². The van der Waals surface area contributed by atoms with E-state index in [-0.39, 0.29) is 11.9 Å². The summed E-state index contributed by atoms with van der Waals surface area (Å²) in [6, 6.07) is 5.10. The Morgan fingerprint density at radius 3 is 3.11 bits per heavy atom. The molecule has 0 saturated carbocycles. The van der Waals surface area contributed by atoms with Crippen molar-refractivity contribution in [3.05, 3.63) is 34.1 Å². The van der Waals surface area contributed by atoms with Crippen LogP contribution in [0.5, 0.6) is 0 Å². The van der Waals surface area contributed by atoms with Crippen molar-refractivity contribution >= 4 is 15.9 Å². The lowest BCUT2D eigenvalue weighted by atomic mass is 10.0. The summed E-state index contributed by atoms with van der Waals surface area (Å²) < 4.78 is 19.9. The third-order valence-corrected chi connectivity index (χ3v) is 3.94. The van der Waals surface area contributed by atoms with Crippen molar-refractivity contribution in [3.63, 3.8) is 0 Å². The van der Waals surface area contributed by atoms with Crippen LogP contribution in [0.3, 0.4) is 0 Å². The van der Waals surface area contributed by atoms with Crippen LogP contribution >= 0.6 is 15.9 Å². The van der Waals surface area contributed by atoms with Gasteiger partial charge in [-0.2, -0.15) is 0 Å². The summed E-state index contributed by atoms with van der Waals surface area (Å²) in [6.45, 7) is 4.67. The number of rotatable bonds is 5. The highest BCUT2D eigenvalue weighted by atomic mass is 79.9. The lowest BCUT2D eigenvalue weighted by molar-refractivity contribution is 0.184. The second-order valence-corrected chi connectivity index (χ2v) is 5.78. The monoisotopic (exact) mass is 315 g/mol. The van der Waals surface area contributed by atoms with Crippen molar-refractivity contribution < 1.29 is 9.13 Å². The van der Waals surface area contributed by atoms with Gasteiger partial charge in [-0.3, -0.25) is 0 Å². The minimum atomic E-state index is -0.151. The summed E-state index contributed by atoms with van der Waals surface area (Å²) in [5, 5.41) is 3.38. The molecule has 0 amide bonds. The van der Waals surface area contributed by atoms with Crippen molar-refractivity contribution in [2.75, 3.05) is 19.8 Å². The Bertz CT molecular complexity index is 393. The molecule has 1 aliphatic rings. The van der Waals surface area contributed by atoms with E-state index in [0.717, 1.165) is 37.1 Å². The smallest absolute Gasteiger partial charge is 0.128 e. The van der Waals surface area contributed by atoms with Crippen LogP contribution in [-0.4, -0.2) is 19.8 Å². The minimum absolute atomic E-state index is 0.0322. The number of nitrogens with one attached hydrogen (secondary N) is 1. The van der Waals surface area contributed by atoms with Crippen LogP contribution in [0.4, 0.5) is 4.39 Å². The largest absolute Gasteiger partial charge is 0.381 e. The Morgan fingerprint density at radius 1 is 1.56 bits per heavy atom. The Hall–Kier alpha value is -0.450. The van der Waals surface area contributed by atoms with Crippen LogP contribution in [0.1, 0.15) is 31.4 Å². The Labute approximate surface area is 116 Å². The first-order valence-corrected chi connectivity index (χ1v) is 7.22. The zero-order valence-electron chi connectivity index (χ0n) is 10.6. The van der Waals surface area contributed by atoms with Crippen molar-refractivity contribution in [2.24, 2.45) is 5.92 Å². The summed E-state index contributed by atoms with van der Waals surface area (Å²) in [5.41, 5.74) is 0.715. The molecule has 2 unspecified atom stereocenters. The summed E-state index contributed by atoms with van der Waals surface area (Å²) in [7, 11) is 0. The zero-order chi connectivity index (χ0) is 13.0. The van der Waals surface area contributed by atoms with Crippen LogP contribution in [0, 0.1) is 11.7 Å². The lowest BCUT2D eigenvalue weighted by Gasteiger charge is -2.16. The molecule has 4 heteroatoms. The third kappa shape index (κ3) is 3.77. The number of ether oxygens (including phenoxy) is 1. The van der Waals surface area contributed by atoms with E-state index < -0.39 is 0 Å². The van der Waals surface area contributed by atoms with Gasteiger partial charge in [0, 0.05) is 29.3 Å². The first-order chi connectivity index (χ1) is 8.66. The lowest BCUT2D eigenvalue weighted by Crippen LogP contribution is -2.22. The molecule has 0 spiro atoms. The molecule has 1 heterocycles. The van der Waals surface area contributed by atoms with Gasteiger partial charge in [0.05, 0.1) is 0 Å². The van der Waals surface area contributed by atoms with E-state index >= 15 is 0 Å². The minimum Gasteiger partial charge on any atom is -0.381 e. The Balaban J connectivity index is 1.83. The second kappa shape index (κ2) is 6.64. The molecule has 1 N–H and O–H groups in total. The molecule has 1 aliphatic heterocycles. The molecular formula is C14H19BrFNO. The number of hydrogen-bond donors (Lipinski definition) is 1. The van der Waals surface area contributed by atoms with Crippen molar-refractivity contribution in [1.82, 2.24) is 5.32 Å². The van der Waals surface area contributed by atoms with Crippen LogP contribution in [0.2, 0.25) is 0 Å². The fourth-order valence-electron chi connectivity index (χ4n) is 2.27. The van der Waals surface area contributed by atoms with Gasteiger partial charge < -0.3 is 10.1 Å². The molecule has 2 rings (SSSR count). The van der Waals surface area contributed by atoms with Gasteiger partial charge in [0.2, 0.25) is 0 Å². The molecule has 0 bridgehead atoms. The highest BCUT2D eigenvalue weighted by Crippen LogP contribution is 2.22. The van der Waals surface area contributed by atoms with Gasteiger partial charge in [0.25, 0.3) is 0 Å². The molecule has 1 saturated heterocycles. The highest BCUT2D eigenvalue weighted by Gasteiger charge is 2.16. The van der Waals surface area contributed by atoms with Crippen LogP contribution in [-0.2, 0) is 4.74 Å². The fourth-order valence-corrected chi connectivity index (χ4v) is 2.65. The second-order valence-electron chi connectivity index (χ2n) is 4.86. The molecule has 0 radical (unpaired) electrons. The maximum atomic E-state index is 13.7. The Morgan fingerprint density at radius 2 is 2.39 bits per heavy atom. The average Bonchev–Trinajstić information content (AvgIpc) is 2.85. The van der Waals surface area contributed by atoms with Crippen molar-refractivity contribution in [2.45, 2.75) is 25.8 Å². The summed E-state index contributed by atoms with van der Waals surface area (Å²) >= 11 is 3.38. The van der Waals surface area contributed by atoms with Crippen LogP contribution in [0.25, 0.3) is 0 Å². The van der Waals surface area contributed by atoms with Gasteiger partial charge in [-0.1, -0.05) is 15.9 Å². The molecular weight excluding hydrogens is 297 g/mol. The molecule has 2 nitrogen and oxygen atoms in total. The molecule has 18 heavy (non-hydrogen) atoms. The van der Waals surface area contributed by atoms with E-state index in [1.165, 1.54) is 6.07 Å². The van der Waals surface area contributed by atoms with E-state index in [4.69, 9.17) is 4.74 Å². The van der Waals surface area contributed by atoms with E-state index in [0.29, 0.717) is 11.5 Å². The molecule has 1 aromatic carbocycles. The van der Waals surface area contributed by atoms with E-state index in [1.54, 1.807) is 6.07 Å². The molecule has 0 aliphatic carbocycles. The van der Waals surface area contributed by atoms with Gasteiger partial charge in [0.15, 0.2) is 0 Å². The highest BCUT2D eigenvalue weighted by molar-refractivity contribution is 9.10. The predicted octanol–water partition coefficient (Wildman–Crippen LogP) is 3.67. The van der Waals surface area contributed by atoms with Crippen molar-refractivity contribution in [1.29, 1.82) is 0 Å². The van der Waals surface area contributed by atoms with E-state index in [1.807, 2.05) is 13.0 Å². The van der Waals surface area contributed by atoms with Gasteiger partial charge in [-0.15, -0.1) is 0 Å². The fraction of sp³-hybridized carbons (Fsp3) is 0.571. The molecule has 100 valence electrons. The molecule has 0 aromatic heterocycles. The third-order valence-electron chi connectivity index (χ3n) is 3.45. The van der Waals surface area contributed by atoms with Crippen LogP contribution < -0.4 is 5.32 Å². The zero-order valence-corrected chi connectivity index (χ0v) is 12.2. The summed E-state index contributed by atoms with van der Waals surface area (Å²) in [4.78, 5) is 0. The normalized spacial score (nSPS) is 21.2. The van der Waals surface area contributed by atoms with Crippen LogP contribution in [0.15, 0.2) is 22.7 Å². The predicted molar refractivity (Wildman–Crippen MR) is 74.1 cm³/mol. The molecule has 2 atom stereocenters. The SMILES string of the molecule is CC(NCCC1CCOC1)c1cc(Br)ccc1F. The quantitative estimate of drug-likeness (QED) is 0.895. The molecule has 1 fully saturated rings. The summed E-state index contributed by atoms with van der Waals surface area (Å²) in [6.07, 6.45) is 2.25. The van der Waals surface area contributed by atoms with Crippen molar-refractivity contribution in [3.8, 4) is 0 Å². The maximum absolute atomic E-state index is 13.7. The average molecular weight is 316 g/mol. The topological polar surface area (TPSA) is 21.3 Å². The standard InChI is InChI=1S/C14H19BrFNO/c1-10(13-8-12(15)2-3-14(13)16)17-6-4-11-5-7-18-9-11/h2-3,8,10-11,17H,4-7,9H2,1H3. The number of benzene rings is 1. The first-order valence-electron chi connectivity index (χ1n) is 6.43. The van der Waals surface area contributed by atoms with Gasteiger partial charge in [-0.25, -0.2) is 4.39 Å². The first kappa shape index (κ1) is 14.0. The Kier molecular flexibility index (Phi) is 5.15. The maximum Gasteiger partial charge on any atom is 0.128 e. The van der Waals surface area contributed by atoms with E-state index in [9.17, 15) is 4.39 Å². The summed E-state index contributed by atoms with van der Waals surface area (Å²) in [5.74, 6) is 0.513. The van der Waals surface area contributed by atoms with E-state index in [2.05, 4.69) is 21.2 Å².